The Morgan fingerprint density at radius 2 is 1.55 bits per heavy atom. The molecule has 0 fully saturated rings. The maximum absolute atomic E-state index is 11.9. The summed E-state index contributed by atoms with van der Waals surface area (Å²) in [4.78, 5) is 23.8. The van der Waals surface area contributed by atoms with Gasteiger partial charge in [0.05, 0.1) is 12.1 Å². The van der Waals surface area contributed by atoms with Crippen molar-refractivity contribution in [1.82, 2.24) is 0 Å². The lowest BCUT2D eigenvalue weighted by Crippen LogP contribution is -2.23. The molecule has 0 aromatic heterocycles. The fraction of sp³-hybridized carbons (Fsp3) is 0.130. The van der Waals surface area contributed by atoms with Crippen LogP contribution in [-0.2, 0) is 14.3 Å². The van der Waals surface area contributed by atoms with E-state index >= 15 is 0 Å². The normalized spacial score (nSPS) is 10.1. The van der Waals surface area contributed by atoms with Crippen LogP contribution in [0.4, 0.5) is 17.1 Å². The third kappa shape index (κ3) is 6.94. The van der Waals surface area contributed by atoms with Crippen molar-refractivity contribution in [1.29, 1.82) is 0 Å². The van der Waals surface area contributed by atoms with E-state index in [9.17, 15) is 9.59 Å². The first-order valence-electron chi connectivity index (χ1n) is 9.37. The van der Waals surface area contributed by atoms with Crippen molar-refractivity contribution in [3.8, 4) is 11.5 Å². The van der Waals surface area contributed by atoms with Crippen molar-refractivity contribution >= 4 is 40.5 Å². The predicted octanol–water partition coefficient (Wildman–Crippen LogP) is 4.65. The Morgan fingerprint density at radius 3 is 2.23 bits per heavy atom. The summed E-state index contributed by atoms with van der Waals surface area (Å²) in [6.07, 6.45) is 0. The molecule has 0 heterocycles. The smallest absolute Gasteiger partial charge is 0.344 e. The molecule has 3 aromatic rings. The highest BCUT2D eigenvalue weighted by Gasteiger charge is 2.10. The minimum atomic E-state index is -0.658. The van der Waals surface area contributed by atoms with Gasteiger partial charge in [-0.2, -0.15) is 0 Å². The van der Waals surface area contributed by atoms with Gasteiger partial charge in [-0.25, -0.2) is 4.79 Å². The van der Waals surface area contributed by atoms with E-state index in [-0.39, 0.29) is 6.61 Å². The molecule has 0 unspecified atom stereocenters. The van der Waals surface area contributed by atoms with Gasteiger partial charge in [0.2, 0.25) is 0 Å². The highest BCUT2D eigenvalue weighted by Crippen LogP contribution is 2.27. The zero-order valence-corrected chi connectivity index (χ0v) is 17.5. The SMILES string of the molecule is COc1ccc(NC(=O)COC(=O)COc2ccc(Nc3ccccc3)cc2)cc1Cl. The molecule has 160 valence electrons. The van der Waals surface area contributed by atoms with Gasteiger partial charge in [0, 0.05) is 17.1 Å². The van der Waals surface area contributed by atoms with Gasteiger partial charge in [-0.15, -0.1) is 0 Å². The summed E-state index contributed by atoms with van der Waals surface area (Å²) in [6, 6.07) is 21.7. The number of amides is 1. The van der Waals surface area contributed by atoms with Crippen LogP contribution in [0.25, 0.3) is 0 Å². The lowest BCUT2D eigenvalue weighted by Gasteiger charge is -2.10. The van der Waals surface area contributed by atoms with Crippen molar-refractivity contribution in [2.24, 2.45) is 0 Å². The number of ether oxygens (including phenoxy) is 3. The number of rotatable bonds is 9. The van der Waals surface area contributed by atoms with Crippen LogP contribution in [0.15, 0.2) is 72.8 Å². The van der Waals surface area contributed by atoms with Crippen molar-refractivity contribution in [3.63, 3.8) is 0 Å². The molecule has 1 amide bonds. The second-order valence-electron chi connectivity index (χ2n) is 6.36. The van der Waals surface area contributed by atoms with Crippen LogP contribution >= 0.6 is 11.6 Å². The van der Waals surface area contributed by atoms with Gasteiger partial charge < -0.3 is 24.8 Å². The number of halogens is 1. The Kier molecular flexibility index (Phi) is 7.73. The summed E-state index contributed by atoms with van der Waals surface area (Å²) in [5.74, 6) is -0.152. The highest BCUT2D eigenvalue weighted by atomic mass is 35.5. The Labute approximate surface area is 184 Å². The molecule has 0 spiro atoms. The maximum Gasteiger partial charge on any atom is 0.344 e. The van der Waals surface area contributed by atoms with Crippen LogP contribution in [0.1, 0.15) is 0 Å². The Hall–Kier alpha value is -3.71. The molecule has 0 aliphatic rings. The summed E-state index contributed by atoms with van der Waals surface area (Å²) in [6.45, 7) is -0.751. The van der Waals surface area contributed by atoms with Gasteiger partial charge in [-0.05, 0) is 54.6 Å². The van der Waals surface area contributed by atoms with E-state index < -0.39 is 18.5 Å². The van der Waals surface area contributed by atoms with Gasteiger partial charge in [0.25, 0.3) is 5.91 Å². The van der Waals surface area contributed by atoms with Crippen molar-refractivity contribution in [2.75, 3.05) is 31.0 Å². The standard InChI is InChI=1S/C23H21ClN2O5/c1-29-21-12-9-18(13-20(21)24)26-22(27)14-31-23(28)15-30-19-10-7-17(8-11-19)25-16-5-3-2-4-6-16/h2-13,25H,14-15H2,1H3,(H,26,27). The lowest BCUT2D eigenvalue weighted by molar-refractivity contribution is -0.149. The summed E-state index contributed by atoms with van der Waals surface area (Å²) in [7, 11) is 1.50. The molecule has 8 heteroatoms. The molecular weight excluding hydrogens is 420 g/mol. The first kappa shape index (κ1) is 22.0. The predicted molar refractivity (Wildman–Crippen MR) is 119 cm³/mol. The molecule has 7 nitrogen and oxygen atoms in total. The Balaban J connectivity index is 1.39. The van der Waals surface area contributed by atoms with Crippen LogP contribution in [0.3, 0.4) is 0 Å². The van der Waals surface area contributed by atoms with E-state index in [0.717, 1.165) is 11.4 Å². The van der Waals surface area contributed by atoms with Crippen LogP contribution < -0.4 is 20.1 Å². The lowest BCUT2D eigenvalue weighted by atomic mass is 10.2. The average Bonchev–Trinajstić information content (AvgIpc) is 2.78. The molecule has 0 atom stereocenters. The van der Waals surface area contributed by atoms with Crippen molar-refractivity contribution in [3.05, 3.63) is 77.8 Å². The molecule has 31 heavy (non-hydrogen) atoms. The molecule has 2 N–H and O–H groups in total. The van der Waals surface area contributed by atoms with Crippen LogP contribution in [0.5, 0.6) is 11.5 Å². The van der Waals surface area contributed by atoms with E-state index in [1.54, 1.807) is 30.3 Å². The largest absolute Gasteiger partial charge is 0.495 e. The molecule has 0 aliphatic carbocycles. The summed E-state index contributed by atoms with van der Waals surface area (Å²) >= 11 is 6.01. The average molecular weight is 441 g/mol. The maximum atomic E-state index is 11.9. The number of benzene rings is 3. The van der Waals surface area contributed by atoms with E-state index in [1.165, 1.54) is 7.11 Å². The molecule has 0 bridgehead atoms. The van der Waals surface area contributed by atoms with Crippen molar-refractivity contribution < 1.29 is 23.8 Å². The van der Waals surface area contributed by atoms with E-state index in [4.69, 9.17) is 25.8 Å². The number of para-hydroxylation sites is 1. The first-order valence-corrected chi connectivity index (χ1v) is 9.75. The second-order valence-corrected chi connectivity index (χ2v) is 6.77. The highest BCUT2D eigenvalue weighted by molar-refractivity contribution is 6.32. The quantitative estimate of drug-likeness (QED) is 0.471. The van der Waals surface area contributed by atoms with Gasteiger partial charge in [0.1, 0.15) is 11.5 Å². The minimum absolute atomic E-state index is 0.312. The summed E-state index contributed by atoms with van der Waals surface area (Å²) in [5.41, 5.74) is 2.32. The monoisotopic (exact) mass is 440 g/mol. The topological polar surface area (TPSA) is 85.9 Å². The molecular formula is C23H21ClN2O5. The molecule has 3 rings (SSSR count). The molecule has 3 aromatic carbocycles. The second kappa shape index (κ2) is 10.9. The summed E-state index contributed by atoms with van der Waals surface area (Å²) in [5, 5.41) is 6.19. The number of carbonyl (C=O) groups is 2. The van der Waals surface area contributed by atoms with Gasteiger partial charge in [-0.3, -0.25) is 4.79 Å². The van der Waals surface area contributed by atoms with Crippen LogP contribution in [0.2, 0.25) is 5.02 Å². The number of carbonyl (C=O) groups excluding carboxylic acids is 2. The molecule has 0 radical (unpaired) electrons. The summed E-state index contributed by atoms with van der Waals surface area (Å²) < 4.78 is 15.4. The van der Waals surface area contributed by atoms with Crippen LogP contribution in [0, 0.1) is 0 Å². The number of methoxy groups -OCH3 is 1. The fourth-order valence-corrected chi connectivity index (χ4v) is 2.85. The number of anilines is 3. The molecule has 0 saturated carbocycles. The molecule has 0 aliphatic heterocycles. The van der Waals surface area contributed by atoms with E-state index in [2.05, 4.69) is 10.6 Å². The number of nitrogens with one attached hydrogen (secondary N) is 2. The third-order valence-electron chi connectivity index (χ3n) is 4.07. The van der Waals surface area contributed by atoms with Gasteiger partial charge in [-0.1, -0.05) is 29.8 Å². The number of hydrogen-bond donors (Lipinski definition) is 2. The molecule has 0 saturated heterocycles. The van der Waals surface area contributed by atoms with E-state index in [1.807, 2.05) is 42.5 Å². The number of esters is 1. The minimum Gasteiger partial charge on any atom is -0.495 e. The Morgan fingerprint density at radius 1 is 0.871 bits per heavy atom. The number of hydrogen-bond acceptors (Lipinski definition) is 6. The van der Waals surface area contributed by atoms with Crippen molar-refractivity contribution in [2.45, 2.75) is 0 Å². The zero-order valence-electron chi connectivity index (χ0n) is 16.8. The van der Waals surface area contributed by atoms with E-state index in [0.29, 0.717) is 22.2 Å². The van der Waals surface area contributed by atoms with Crippen LogP contribution in [-0.4, -0.2) is 32.2 Å². The Bertz CT molecular complexity index is 1030. The van der Waals surface area contributed by atoms with Gasteiger partial charge >= 0.3 is 5.97 Å². The zero-order chi connectivity index (χ0) is 22.1. The van der Waals surface area contributed by atoms with Gasteiger partial charge in [0.15, 0.2) is 13.2 Å². The first-order chi connectivity index (χ1) is 15.0. The third-order valence-corrected chi connectivity index (χ3v) is 4.37. The fourth-order valence-electron chi connectivity index (χ4n) is 2.59.